The first-order chi connectivity index (χ1) is 16.9. The summed E-state index contributed by atoms with van der Waals surface area (Å²) < 4.78 is 18.6. The first-order valence-electron chi connectivity index (χ1n) is 12.6. The van der Waals surface area contributed by atoms with E-state index in [0.29, 0.717) is 12.4 Å². The molecule has 0 spiro atoms. The lowest BCUT2D eigenvalue weighted by molar-refractivity contribution is 0.0110. The van der Waals surface area contributed by atoms with Gasteiger partial charge >= 0.3 is 6.09 Å². The molecular weight excluding hydrogens is 466 g/mol. The van der Waals surface area contributed by atoms with Crippen LogP contribution in [0, 0.1) is 5.92 Å². The maximum atomic E-state index is 13.0. The zero-order chi connectivity index (χ0) is 26.6. The monoisotopic (exact) mass is 507 g/mol. The Kier molecular flexibility index (Phi) is 8.52. The fourth-order valence-electron chi connectivity index (χ4n) is 4.87. The summed E-state index contributed by atoms with van der Waals surface area (Å²) in [5, 5.41) is 2.32. The first kappa shape index (κ1) is 27.7. The smallest absolute Gasteiger partial charge is 0.410 e. The second kappa shape index (κ2) is 11.1. The Morgan fingerprint density at radius 3 is 1.83 bits per heavy atom. The van der Waals surface area contributed by atoms with Gasteiger partial charge in [-0.3, -0.25) is 0 Å². The van der Waals surface area contributed by atoms with Gasteiger partial charge in [-0.1, -0.05) is 88.4 Å². The molecule has 0 N–H and O–H groups in total. The molecule has 0 aliphatic heterocycles. The molecule has 1 heterocycles. The summed E-state index contributed by atoms with van der Waals surface area (Å²) in [5.41, 5.74) is -0.590. The molecule has 2 atom stereocenters. The fourth-order valence-corrected chi connectivity index (χ4v) is 9.54. The topological polar surface area (TPSA) is 51.9 Å². The number of nitrogens with zero attached hydrogens (tertiary/aromatic N) is 1. The highest BCUT2D eigenvalue weighted by Crippen LogP contribution is 2.38. The molecule has 194 valence electrons. The first-order valence-corrected chi connectivity index (χ1v) is 14.5. The third-order valence-electron chi connectivity index (χ3n) is 6.45. The molecule has 0 aliphatic rings. The van der Waals surface area contributed by atoms with E-state index in [9.17, 15) is 4.79 Å². The number of carbonyl (C=O) groups excluding carboxylic acids is 1. The second-order valence-electron chi connectivity index (χ2n) is 11.5. The molecule has 0 saturated carbocycles. The Hall–Kier alpha value is -2.83. The van der Waals surface area contributed by atoms with Crippen LogP contribution in [0.15, 0.2) is 83.5 Å². The number of amides is 1. The molecule has 0 aliphatic carbocycles. The van der Waals surface area contributed by atoms with E-state index in [1.54, 1.807) is 18.2 Å². The van der Waals surface area contributed by atoms with Crippen LogP contribution in [0.5, 0.6) is 0 Å². The number of ether oxygens (including phenoxy) is 1. The Morgan fingerprint density at radius 1 is 0.889 bits per heavy atom. The van der Waals surface area contributed by atoms with Gasteiger partial charge in [0.2, 0.25) is 0 Å². The van der Waals surface area contributed by atoms with Gasteiger partial charge < -0.3 is 18.5 Å². The average Bonchev–Trinajstić information content (AvgIpc) is 3.33. The van der Waals surface area contributed by atoms with Gasteiger partial charge in [-0.05, 0) is 48.3 Å². The van der Waals surface area contributed by atoms with Gasteiger partial charge in [0, 0.05) is 19.6 Å². The van der Waals surface area contributed by atoms with Crippen molar-refractivity contribution in [3.05, 3.63) is 84.8 Å². The van der Waals surface area contributed by atoms with Crippen molar-refractivity contribution in [2.24, 2.45) is 5.92 Å². The van der Waals surface area contributed by atoms with Crippen molar-refractivity contribution in [1.29, 1.82) is 0 Å². The lowest BCUT2D eigenvalue weighted by Crippen LogP contribution is -2.67. The summed E-state index contributed by atoms with van der Waals surface area (Å²) in [5.74, 6) is 0.650. The van der Waals surface area contributed by atoms with E-state index in [4.69, 9.17) is 13.6 Å². The zero-order valence-corrected chi connectivity index (χ0v) is 23.9. The summed E-state index contributed by atoms with van der Waals surface area (Å²) in [6.45, 7) is 15.0. The highest BCUT2D eigenvalue weighted by atomic mass is 28.4. The molecule has 3 aromatic rings. The van der Waals surface area contributed by atoms with Gasteiger partial charge in [-0.2, -0.15) is 0 Å². The van der Waals surface area contributed by atoms with Crippen molar-refractivity contribution < 1.29 is 18.4 Å². The van der Waals surface area contributed by atoms with Crippen molar-refractivity contribution >= 4 is 24.8 Å². The van der Waals surface area contributed by atoms with Crippen LogP contribution in [-0.4, -0.2) is 38.6 Å². The number of benzene rings is 2. The third-order valence-corrected chi connectivity index (χ3v) is 11.5. The summed E-state index contributed by atoms with van der Waals surface area (Å²) in [6, 6.07) is 24.6. The molecule has 0 unspecified atom stereocenters. The Balaban J connectivity index is 1.99. The van der Waals surface area contributed by atoms with E-state index < -0.39 is 13.9 Å². The van der Waals surface area contributed by atoms with Crippen LogP contribution < -0.4 is 10.4 Å². The number of hydrogen-bond donors (Lipinski definition) is 0. The predicted octanol–water partition coefficient (Wildman–Crippen LogP) is 6.40. The van der Waals surface area contributed by atoms with E-state index in [1.165, 1.54) is 10.4 Å². The Morgan fingerprint density at radius 2 is 1.42 bits per heavy atom. The normalized spacial score (nSPS) is 14.2. The fraction of sp³-hybridized carbons (Fsp3) is 0.433. The number of carbonyl (C=O) groups is 1. The standard InChI is InChI=1S/C30H41NO4Si/c1-23(27(26-20-15-21-33-26)31(8)28(32)35-29(2,3)4)22-34-36(30(5,6)7,24-16-11-9-12-17-24)25-18-13-10-14-19-25/h9-21,23,27H,22H2,1-8H3/t23-,27-/m0/s1. The number of rotatable bonds is 8. The molecule has 36 heavy (non-hydrogen) atoms. The molecule has 0 bridgehead atoms. The SMILES string of the molecule is C[C@@H](CO[Si](c1ccccc1)(c1ccccc1)C(C)(C)C)[C@@H](c1ccco1)N(C)C(=O)OC(C)(C)C. The van der Waals surface area contributed by atoms with Gasteiger partial charge in [0.05, 0.1) is 12.3 Å². The summed E-state index contributed by atoms with van der Waals surface area (Å²) >= 11 is 0. The second-order valence-corrected chi connectivity index (χ2v) is 15.8. The molecule has 0 saturated heterocycles. The van der Waals surface area contributed by atoms with E-state index in [-0.39, 0.29) is 23.1 Å². The van der Waals surface area contributed by atoms with Crippen LogP contribution in [0.25, 0.3) is 0 Å². The zero-order valence-electron chi connectivity index (χ0n) is 22.9. The molecule has 3 rings (SSSR count). The molecule has 6 heteroatoms. The summed E-state index contributed by atoms with van der Waals surface area (Å²) in [7, 11) is -0.944. The average molecular weight is 508 g/mol. The molecule has 0 radical (unpaired) electrons. The van der Waals surface area contributed by atoms with Gasteiger partial charge in [-0.15, -0.1) is 0 Å². The van der Waals surface area contributed by atoms with Gasteiger partial charge in [0.25, 0.3) is 8.32 Å². The van der Waals surface area contributed by atoms with Crippen LogP contribution in [0.1, 0.15) is 60.3 Å². The van der Waals surface area contributed by atoms with E-state index in [2.05, 4.69) is 76.2 Å². The van der Waals surface area contributed by atoms with Crippen molar-refractivity contribution in [1.82, 2.24) is 4.90 Å². The van der Waals surface area contributed by atoms with E-state index in [0.717, 1.165) is 0 Å². The molecular formula is C30H41NO4Si. The van der Waals surface area contributed by atoms with Gasteiger partial charge in [-0.25, -0.2) is 4.79 Å². The Labute approximate surface area is 217 Å². The molecule has 2 aromatic carbocycles. The van der Waals surface area contributed by atoms with Crippen LogP contribution in [0.2, 0.25) is 5.04 Å². The van der Waals surface area contributed by atoms with Crippen LogP contribution in [0.4, 0.5) is 4.79 Å². The van der Waals surface area contributed by atoms with Crippen LogP contribution in [-0.2, 0) is 9.16 Å². The van der Waals surface area contributed by atoms with E-state index >= 15 is 0 Å². The molecule has 0 fully saturated rings. The van der Waals surface area contributed by atoms with Crippen molar-refractivity contribution in [2.75, 3.05) is 13.7 Å². The largest absolute Gasteiger partial charge is 0.467 e. The number of furan rings is 1. The van der Waals surface area contributed by atoms with E-state index in [1.807, 2.05) is 45.0 Å². The van der Waals surface area contributed by atoms with Crippen LogP contribution >= 0.6 is 0 Å². The lowest BCUT2D eigenvalue weighted by atomic mass is 9.99. The van der Waals surface area contributed by atoms with Crippen LogP contribution in [0.3, 0.4) is 0 Å². The van der Waals surface area contributed by atoms with Gasteiger partial charge in [0.1, 0.15) is 11.4 Å². The highest BCUT2D eigenvalue weighted by molar-refractivity contribution is 6.99. The van der Waals surface area contributed by atoms with Crippen molar-refractivity contribution in [3.8, 4) is 0 Å². The molecule has 1 aromatic heterocycles. The van der Waals surface area contributed by atoms with Crippen molar-refractivity contribution in [3.63, 3.8) is 0 Å². The summed E-state index contributed by atoms with van der Waals surface area (Å²) in [6.07, 6.45) is 1.25. The minimum absolute atomic E-state index is 0.0599. The third kappa shape index (κ3) is 6.10. The van der Waals surface area contributed by atoms with Crippen molar-refractivity contribution in [2.45, 2.75) is 65.1 Å². The predicted molar refractivity (Wildman–Crippen MR) is 148 cm³/mol. The highest BCUT2D eigenvalue weighted by Gasteiger charge is 2.50. The number of hydrogen-bond acceptors (Lipinski definition) is 4. The van der Waals surface area contributed by atoms with Gasteiger partial charge in [0.15, 0.2) is 0 Å². The molecule has 1 amide bonds. The maximum absolute atomic E-state index is 13.0. The Bertz CT molecular complexity index is 1050. The minimum atomic E-state index is -2.71. The quantitative estimate of drug-likeness (QED) is 0.331. The minimum Gasteiger partial charge on any atom is -0.467 e. The maximum Gasteiger partial charge on any atom is 0.410 e. The molecule has 5 nitrogen and oxygen atoms in total. The summed E-state index contributed by atoms with van der Waals surface area (Å²) in [4.78, 5) is 14.7. The lowest BCUT2D eigenvalue weighted by Gasteiger charge is -2.44.